The van der Waals surface area contributed by atoms with Gasteiger partial charge < -0.3 is 5.73 Å². The van der Waals surface area contributed by atoms with Gasteiger partial charge >= 0.3 is 0 Å². The molecular formula is C8H15N. The van der Waals surface area contributed by atoms with Crippen LogP contribution >= 0.6 is 0 Å². The highest BCUT2D eigenvalue weighted by Crippen LogP contribution is 2.10. The summed E-state index contributed by atoms with van der Waals surface area (Å²) in [5, 5.41) is 0. The maximum Gasteiger partial charge on any atom is 0.0215 e. The van der Waals surface area contributed by atoms with Gasteiger partial charge in [-0.25, -0.2) is 0 Å². The largest absolute Gasteiger partial charge is 0.326 e. The van der Waals surface area contributed by atoms with E-state index in [9.17, 15) is 0 Å². The van der Waals surface area contributed by atoms with Gasteiger partial charge in [-0.2, -0.15) is 0 Å². The van der Waals surface area contributed by atoms with Crippen molar-refractivity contribution in [3.05, 3.63) is 17.9 Å². The second kappa shape index (κ2) is 4.37. The van der Waals surface area contributed by atoms with E-state index in [2.05, 4.69) is 26.2 Å². The third-order valence-corrected chi connectivity index (χ3v) is 1.65. The van der Waals surface area contributed by atoms with Crippen LogP contribution in [0.2, 0.25) is 0 Å². The van der Waals surface area contributed by atoms with Crippen molar-refractivity contribution in [1.82, 2.24) is 0 Å². The third kappa shape index (κ3) is 2.50. The normalized spacial score (nSPS) is 12.3. The summed E-state index contributed by atoms with van der Waals surface area (Å²) in [6.07, 6.45) is 1.12. The molecule has 0 rings (SSSR count). The Morgan fingerprint density at radius 3 is 2.44 bits per heavy atom. The summed E-state index contributed by atoms with van der Waals surface area (Å²) in [5.74, 6) is 0.549. The Hall–Kier alpha value is -0.520. The van der Waals surface area contributed by atoms with Crippen LogP contribution in [0.1, 0.15) is 20.3 Å². The van der Waals surface area contributed by atoms with Crippen molar-refractivity contribution < 1.29 is 0 Å². The summed E-state index contributed by atoms with van der Waals surface area (Å²) in [6, 6.07) is 0. The number of rotatable bonds is 3. The predicted molar refractivity (Wildman–Crippen MR) is 41.2 cm³/mol. The van der Waals surface area contributed by atoms with E-state index in [0.717, 1.165) is 12.0 Å². The molecule has 1 atom stereocenters. The van der Waals surface area contributed by atoms with Crippen molar-refractivity contribution in [2.75, 3.05) is 6.54 Å². The van der Waals surface area contributed by atoms with E-state index in [1.807, 2.05) is 0 Å². The van der Waals surface area contributed by atoms with E-state index in [0.29, 0.717) is 12.5 Å². The van der Waals surface area contributed by atoms with E-state index in [4.69, 9.17) is 5.73 Å². The number of nitrogens with two attached hydrogens (primary N) is 1. The van der Waals surface area contributed by atoms with Crippen LogP contribution in [0.4, 0.5) is 0 Å². The molecule has 9 heavy (non-hydrogen) atoms. The lowest BCUT2D eigenvalue weighted by Gasteiger charge is -2.07. The van der Waals surface area contributed by atoms with Crippen LogP contribution in [0.25, 0.3) is 0 Å². The summed E-state index contributed by atoms with van der Waals surface area (Å²) in [6.45, 7) is 8.43. The summed E-state index contributed by atoms with van der Waals surface area (Å²) in [5.41, 5.74) is 9.40. The van der Waals surface area contributed by atoms with E-state index >= 15 is 0 Å². The average Bonchev–Trinajstić information content (AvgIpc) is 1.90. The first-order valence-electron chi connectivity index (χ1n) is 3.35. The van der Waals surface area contributed by atoms with Gasteiger partial charge in [-0.05, 0) is 17.9 Å². The molecule has 1 heteroatoms. The zero-order valence-electron chi connectivity index (χ0n) is 6.28. The molecule has 1 unspecified atom stereocenters. The Bertz CT molecular complexity index is 121. The predicted octanol–water partition coefficient (Wildman–Crippen LogP) is 1.70. The van der Waals surface area contributed by atoms with Crippen molar-refractivity contribution in [3.63, 3.8) is 0 Å². The molecule has 0 saturated heterocycles. The van der Waals surface area contributed by atoms with Gasteiger partial charge in [0.2, 0.25) is 0 Å². The maximum absolute atomic E-state index is 5.42. The van der Waals surface area contributed by atoms with Crippen LogP contribution in [0.15, 0.2) is 17.9 Å². The summed E-state index contributed by atoms with van der Waals surface area (Å²) in [4.78, 5) is 0. The Labute approximate surface area is 57.3 Å². The minimum Gasteiger partial charge on any atom is -0.326 e. The molecule has 0 saturated carbocycles. The molecule has 0 heterocycles. The molecule has 52 valence electrons. The van der Waals surface area contributed by atoms with Crippen LogP contribution in [0.5, 0.6) is 0 Å². The minimum atomic E-state index is 0.549. The second-order valence-corrected chi connectivity index (χ2v) is 2.22. The zero-order valence-corrected chi connectivity index (χ0v) is 6.28. The third-order valence-electron chi connectivity index (χ3n) is 1.65. The molecule has 0 aromatic heterocycles. The molecule has 2 N–H and O–H groups in total. The van der Waals surface area contributed by atoms with Gasteiger partial charge in [-0.15, -0.1) is 5.73 Å². The fourth-order valence-electron chi connectivity index (χ4n) is 0.694. The van der Waals surface area contributed by atoms with Crippen molar-refractivity contribution in [1.29, 1.82) is 0 Å². The maximum atomic E-state index is 5.42. The Kier molecular flexibility index (Phi) is 4.12. The van der Waals surface area contributed by atoms with Gasteiger partial charge in [-0.1, -0.05) is 20.4 Å². The fraction of sp³-hybridized carbons (Fsp3) is 0.625. The Morgan fingerprint density at radius 2 is 2.33 bits per heavy atom. The molecular weight excluding hydrogens is 110 g/mol. The summed E-state index contributed by atoms with van der Waals surface area (Å²) < 4.78 is 0. The van der Waals surface area contributed by atoms with Crippen LogP contribution in [0, 0.1) is 5.92 Å². The molecule has 0 bridgehead atoms. The van der Waals surface area contributed by atoms with Crippen LogP contribution in [-0.2, 0) is 0 Å². The van der Waals surface area contributed by atoms with E-state index < -0.39 is 0 Å². The van der Waals surface area contributed by atoms with Crippen molar-refractivity contribution in [3.8, 4) is 0 Å². The number of hydrogen-bond acceptors (Lipinski definition) is 1. The van der Waals surface area contributed by atoms with Crippen LogP contribution in [0.3, 0.4) is 0 Å². The standard InChI is InChI=1S/C8H15N/c1-4-7(3)8(5-2)6-9/h7H,2,4,6,9H2,1,3H3. The van der Waals surface area contributed by atoms with Gasteiger partial charge in [0.1, 0.15) is 0 Å². The lowest BCUT2D eigenvalue weighted by molar-refractivity contribution is 0.644. The summed E-state index contributed by atoms with van der Waals surface area (Å²) >= 11 is 0. The Morgan fingerprint density at radius 1 is 1.78 bits per heavy atom. The highest BCUT2D eigenvalue weighted by Gasteiger charge is 2.01. The first-order chi connectivity index (χ1) is 4.26. The SMILES string of the molecule is C=C=C(CN)C(C)CC. The summed E-state index contributed by atoms with van der Waals surface area (Å²) in [7, 11) is 0. The van der Waals surface area contributed by atoms with E-state index in [-0.39, 0.29) is 0 Å². The first-order valence-corrected chi connectivity index (χ1v) is 3.35. The van der Waals surface area contributed by atoms with E-state index in [1.54, 1.807) is 0 Å². The molecule has 0 aromatic carbocycles. The Balaban J connectivity index is 3.96. The van der Waals surface area contributed by atoms with Crippen molar-refractivity contribution in [2.45, 2.75) is 20.3 Å². The van der Waals surface area contributed by atoms with Crippen molar-refractivity contribution in [2.24, 2.45) is 11.7 Å². The molecule has 0 radical (unpaired) electrons. The molecule has 0 aromatic rings. The smallest absolute Gasteiger partial charge is 0.0215 e. The monoisotopic (exact) mass is 125 g/mol. The molecule has 0 aliphatic rings. The fourth-order valence-corrected chi connectivity index (χ4v) is 0.694. The lowest BCUT2D eigenvalue weighted by atomic mass is 10.00. The van der Waals surface area contributed by atoms with E-state index in [1.165, 1.54) is 0 Å². The zero-order chi connectivity index (χ0) is 7.28. The van der Waals surface area contributed by atoms with Gasteiger partial charge in [0.15, 0.2) is 0 Å². The van der Waals surface area contributed by atoms with Crippen LogP contribution in [-0.4, -0.2) is 6.54 Å². The molecule has 0 spiro atoms. The van der Waals surface area contributed by atoms with Crippen molar-refractivity contribution >= 4 is 0 Å². The topological polar surface area (TPSA) is 26.0 Å². The molecule has 0 fully saturated rings. The average molecular weight is 125 g/mol. The van der Waals surface area contributed by atoms with Gasteiger partial charge in [-0.3, -0.25) is 0 Å². The quantitative estimate of drug-likeness (QED) is 0.571. The molecule has 0 aliphatic carbocycles. The van der Waals surface area contributed by atoms with Gasteiger partial charge in [0.25, 0.3) is 0 Å². The van der Waals surface area contributed by atoms with Gasteiger partial charge in [0, 0.05) is 6.54 Å². The highest BCUT2D eigenvalue weighted by atomic mass is 14.5. The molecule has 0 aliphatic heterocycles. The minimum absolute atomic E-state index is 0.549. The molecule has 1 nitrogen and oxygen atoms in total. The van der Waals surface area contributed by atoms with Crippen LogP contribution < -0.4 is 5.73 Å². The second-order valence-electron chi connectivity index (χ2n) is 2.22. The lowest BCUT2D eigenvalue weighted by Crippen LogP contribution is -2.08. The van der Waals surface area contributed by atoms with Gasteiger partial charge in [0.05, 0.1) is 0 Å². The number of hydrogen-bond donors (Lipinski definition) is 1. The first kappa shape index (κ1) is 8.48. The molecule has 0 amide bonds. The highest BCUT2D eigenvalue weighted by molar-refractivity contribution is 5.03.